The molecule has 10 unspecified atom stereocenters. The molecule has 2 saturated heterocycles. The zero-order chi connectivity index (χ0) is 21.1. The molecule has 1 radical (unpaired) electrons. The number of esters is 1. The van der Waals surface area contributed by atoms with Crippen LogP contribution in [0.5, 0.6) is 0 Å². The van der Waals surface area contributed by atoms with Crippen LogP contribution in [-0.2, 0) is 51.1 Å². The van der Waals surface area contributed by atoms with Gasteiger partial charge in [0.2, 0.25) is 0 Å². The fourth-order valence-electron chi connectivity index (χ4n) is 4.21. The summed E-state index contributed by atoms with van der Waals surface area (Å²) < 4.78 is 35.5. The molecule has 1 aliphatic carbocycles. The van der Waals surface area contributed by atoms with Crippen LogP contribution < -0.4 is 0 Å². The van der Waals surface area contributed by atoms with Gasteiger partial charge in [0.05, 0.1) is 36.9 Å². The number of rotatable bonds is 9. The number of carbonyl (C=O) groups is 1. The van der Waals surface area contributed by atoms with Crippen LogP contribution in [0.15, 0.2) is 0 Å². The topological polar surface area (TPSA) is 72.5 Å². The normalized spacial score (nSPS) is 38.6. The first-order valence-corrected chi connectivity index (χ1v) is 12.1. The van der Waals surface area contributed by atoms with Gasteiger partial charge in [0.15, 0.2) is 0 Å². The van der Waals surface area contributed by atoms with Gasteiger partial charge in [-0.3, -0.25) is 4.79 Å². The second-order valence-corrected chi connectivity index (χ2v) is 9.97. The van der Waals surface area contributed by atoms with Gasteiger partial charge in [-0.2, -0.15) is 9.90 Å². The molecule has 1 saturated carbocycles. The van der Waals surface area contributed by atoms with Crippen LogP contribution in [0.4, 0.5) is 0 Å². The molecule has 0 aromatic heterocycles. The first kappa shape index (κ1) is 29.7. The predicted octanol–water partition coefficient (Wildman–Crippen LogP) is 4.29. The average molecular weight is 517 g/mol. The zero-order valence-electron chi connectivity index (χ0n) is 19.7. The molecule has 181 valence electrons. The van der Waals surface area contributed by atoms with E-state index in [0.29, 0.717) is 0 Å². The molecule has 3 aliphatic rings. The smallest absolute Gasteiger partial charge is 0.332 e. The second kappa shape index (κ2) is 13.6. The van der Waals surface area contributed by atoms with Crippen LogP contribution in [0.3, 0.4) is 0 Å². The van der Waals surface area contributed by atoms with Gasteiger partial charge in [0.25, 0.3) is 0 Å². The Kier molecular flexibility index (Phi) is 13.0. The van der Waals surface area contributed by atoms with E-state index in [2.05, 4.69) is 27.7 Å². The van der Waals surface area contributed by atoms with Crippen molar-refractivity contribution in [1.82, 2.24) is 0 Å². The summed E-state index contributed by atoms with van der Waals surface area (Å²) in [7, 11) is 0.0523. The van der Waals surface area contributed by atoms with Gasteiger partial charge >= 0.3 is 14.6 Å². The third-order valence-electron chi connectivity index (χ3n) is 6.82. The molecule has 0 amide bonds. The Morgan fingerprint density at radius 3 is 2.10 bits per heavy atom. The first-order valence-electron chi connectivity index (χ1n) is 11.0. The summed E-state index contributed by atoms with van der Waals surface area (Å²) in [6.07, 6.45) is 3.37. The number of hydrogen-bond donors (Lipinski definition) is 0. The third-order valence-corrected chi connectivity index (χ3v) is 7.90. The van der Waals surface area contributed by atoms with E-state index in [-0.39, 0.29) is 95.4 Å². The Balaban J connectivity index is 0.00000240. The Morgan fingerprint density at radius 2 is 1.58 bits per heavy atom. The molecule has 10 atom stereocenters. The minimum Gasteiger partial charge on any atom is -0.459 e. The van der Waals surface area contributed by atoms with Gasteiger partial charge in [0, 0.05) is 37.5 Å². The van der Waals surface area contributed by atoms with Gasteiger partial charge in [0.1, 0.15) is 12.2 Å². The minimum atomic E-state index is -1.54. The molecule has 2 aliphatic heterocycles. The summed E-state index contributed by atoms with van der Waals surface area (Å²) in [6, 6.07) is 0. The average Bonchev–Trinajstić information content (AvgIpc) is 3.07. The molecular weight excluding hydrogens is 477 g/mol. The SMILES string of the molecule is CCC1OC(C)C(C)C1OP(OC)OCC1OC(C)C(C)C1OC(=O)C1CCC1.P.[V]. The van der Waals surface area contributed by atoms with E-state index in [4.69, 9.17) is 27.8 Å². The van der Waals surface area contributed by atoms with Crippen molar-refractivity contribution < 1.29 is 51.1 Å². The number of hydrogen-bond acceptors (Lipinski definition) is 7. The van der Waals surface area contributed by atoms with Crippen LogP contribution in [0, 0.1) is 17.8 Å². The number of carbonyl (C=O) groups excluding carboxylic acids is 1. The predicted molar refractivity (Wildman–Crippen MR) is 120 cm³/mol. The third kappa shape index (κ3) is 7.10. The van der Waals surface area contributed by atoms with E-state index in [9.17, 15) is 4.79 Å². The van der Waals surface area contributed by atoms with Crippen molar-refractivity contribution in [2.24, 2.45) is 17.8 Å². The second-order valence-electron chi connectivity index (χ2n) is 8.69. The number of ether oxygens (including phenoxy) is 3. The van der Waals surface area contributed by atoms with Crippen LogP contribution in [0.25, 0.3) is 0 Å². The Bertz CT molecular complexity index is 554. The quantitative estimate of drug-likeness (QED) is 0.334. The van der Waals surface area contributed by atoms with Crippen molar-refractivity contribution in [2.75, 3.05) is 13.7 Å². The summed E-state index contributed by atoms with van der Waals surface area (Å²) in [6.45, 7) is 10.6. The maximum Gasteiger partial charge on any atom is 0.332 e. The molecule has 2 heterocycles. The largest absolute Gasteiger partial charge is 0.459 e. The van der Waals surface area contributed by atoms with Gasteiger partial charge < -0.3 is 27.8 Å². The van der Waals surface area contributed by atoms with E-state index in [0.717, 1.165) is 25.7 Å². The van der Waals surface area contributed by atoms with Crippen molar-refractivity contribution in [3.05, 3.63) is 0 Å². The zero-order valence-corrected chi connectivity index (χ0v) is 23.4. The molecule has 3 fully saturated rings. The van der Waals surface area contributed by atoms with Gasteiger partial charge in [-0.15, -0.1) is 0 Å². The fraction of sp³-hybridized carbons (Fsp3) is 0.952. The van der Waals surface area contributed by atoms with Crippen molar-refractivity contribution >= 4 is 24.5 Å². The van der Waals surface area contributed by atoms with Crippen molar-refractivity contribution in [1.29, 1.82) is 0 Å². The van der Waals surface area contributed by atoms with E-state index in [1.54, 1.807) is 7.11 Å². The summed E-state index contributed by atoms with van der Waals surface area (Å²) in [5, 5.41) is 0. The standard InChI is InChI=1S/C21H37O7P.H3P.V/c1-7-17-20(13(3)15(5)25-17)28-29(23-6)24-11-18-19(12(2)14(4)26-18)27-21(22)16-9-8-10-16;;/h12-20H,7-11H2,1-6H3;1H3;. The van der Waals surface area contributed by atoms with Crippen LogP contribution in [-0.4, -0.2) is 56.3 Å². The van der Waals surface area contributed by atoms with E-state index >= 15 is 0 Å². The molecule has 0 aromatic rings. The maximum absolute atomic E-state index is 12.4. The van der Waals surface area contributed by atoms with Gasteiger partial charge in [-0.05, 0) is 33.1 Å². The molecule has 3 rings (SSSR count). The minimum absolute atomic E-state index is 0. The summed E-state index contributed by atoms with van der Waals surface area (Å²) in [5.74, 6) is 0.340. The molecular formula is C21H40O7P2V. The monoisotopic (exact) mass is 517 g/mol. The fourth-order valence-corrected chi connectivity index (χ4v) is 5.26. The summed E-state index contributed by atoms with van der Waals surface area (Å²) in [4.78, 5) is 12.4. The van der Waals surface area contributed by atoms with E-state index in [1.807, 2.05) is 6.92 Å². The first-order chi connectivity index (χ1) is 13.8. The van der Waals surface area contributed by atoms with Crippen LogP contribution >= 0.6 is 18.5 Å². The van der Waals surface area contributed by atoms with Gasteiger partial charge in [-0.25, -0.2) is 0 Å². The van der Waals surface area contributed by atoms with E-state index < -0.39 is 8.60 Å². The van der Waals surface area contributed by atoms with Gasteiger partial charge in [-0.1, -0.05) is 27.2 Å². The molecule has 7 nitrogen and oxygen atoms in total. The molecule has 0 N–H and O–H groups in total. The molecule has 10 heteroatoms. The molecule has 0 aromatic carbocycles. The molecule has 31 heavy (non-hydrogen) atoms. The maximum atomic E-state index is 12.4. The van der Waals surface area contributed by atoms with E-state index in [1.165, 1.54) is 0 Å². The molecule has 0 bridgehead atoms. The van der Waals surface area contributed by atoms with Crippen molar-refractivity contribution in [2.45, 2.75) is 96.9 Å². The Hall–Kier alpha value is 0.714. The van der Waals surface area contributed by atoms with Crippen molar-refractivity contribution in [3.63, 3.8) is 0 Å². The summed E-state index contributed by atoms with van der Waals surface area (Å²) >= 11 is 0. The van der Waals surface area contributed by atoms with Crippen LogP contribution in [0.2, 0.25) is 0 Å². The Labute approximate surface area is 203 Å². The summed E-state index contributed by atoms with van der Waals surface area (Å²) in [5.41, 5.74) is 0. The van der Waals surface area contributed by atoms with Crippen molar-refractivity contribution in [3.8, 4) is 0 Å². The molecule has 0 spiro atoms. The Morgan fingerprint density at radius 1 is 1.00 bits per heavy atom. The van der Waals surface area contributed by atoms with Crippen LogP contribution in [0.1, 0.15) is 60.3 Å².